The van der Waals surface area contributed by atoms with Gasteiger partial charge >= 0.3 is 5.97 Å². The Morgan fingerprint density at radius 1 is 0.857 bits per heavy atom. The molecule has 0 aliphatic rings. The van der Waals surface area contributed by atoms with Crippen LogP contribution in [-0.2, 0) is 9.73 Å². The summed E-state index contributed by atoms with van der Waals surface area (Å²) in [4.78, 5) is 25.5. The third kappa shape index (κ3) is 4.53. The van der Waals surface area contributed by atoms with E-state index >= 15 is 0 Å². The number of ether oxygens (including phenoxy) is 1. The first-order valence-corrected chi connectivity index (χ1v) is 10.5. The molecule has 0 aliphatic carbocycles. The second-order valence-electron chi connectivity index (χ2n) is 6.26. The van der Waals surface area contributed by atoms with Crippen molar-refractivity contribution in [1.82, 2.24) is 0 Å². The molecular formula is C22H19NO4S. The molecule has 3 rings (SSSR count). The first-order valence-electron chi connectivity index (χ1n) is 8.56. The highest BCUT2D eigenvalue weighted by Crippen LogP contribution is 2.22. The van der Waals surface area contributed by atoms with Gasteiger partial charge in [-0.15, -0.1) is 0 Å². The molecule has 0 N–H and O–H groups in total. The van der Waals surface area contributed by atoms with Crippen LogP contribution < -0.4 is 4.74 Å². The summed E-state index contributed by atoms with van der Waals surface area (Å²) in [5, 5.41) is 0. The van der Waals surface area contributed by atoms with Crippen molar-refractivity contribution < 1.29 is 18.5 Å². The average molecular weight is 393 g/mol. The number of carbonyl (C=O) groups is 2. The molecule has 0 radical (unpaired) electrons. The fourth-order valence-electron chi connectivity index (χ4n) is 2.51. The molecule has 1 atom stereocenters. The maximum absolute atomic E-state index is 12.9. The number of benzene rings is 3. The zero-order chi connectivity index (χ0) is 20.1. The highest BCUT2D eigenvalue weighted by atomic mass is 32.2. The molecule has 0 fully saturated rings. The number of para-hydroxylation sites is 1. The lowest BCUT2D eigenvalue weighted by atomic mass is 10.1. The quantitative estimate of drug-likeness (QED) is 0.483. The number of hydrogen-bond donors (Lipinski definition) is 0. The summed E-state index contributed by atoms with van der Waals surface area (Å²) >= 11 is 0. The number of amides is 1. The predicted octanol–water partition coefficient (Wildman–Crippen LogP) is 4.51. The van der Waals surface area contributed by atoms with E-state index in [4.69, 9.17) is 4.74 Å². The largest absolute Gasteiger partial charge is 0.422 e. The molecule has 1 unspecified atom stereocenters. The summed E-state index contributed by atoms with van der Waals surface area (Å²) in [6.45, 7) is 1.92. The first-order chi connectivity index (χ1) is 13.4. The number of hydrogen-bond acceptors (Lipinski definition) is 4. The van der Waals surface area contributed by atoms with Gasteiger partial charge in [-0.1, -0.05) is 48.0 Å². The summed E-state index contributed by atoms with van der Waals surface area (Å²) in [6, 6.07) is 21.8. The summed E-state index contributed by atoms with van der Waals surface area (Å²) in [5.74, 6) is -1.21. The van der Waals surface area contributed by atoms with Crippen molar-refractivity contribution >= 4 is 21.6 Å². The van der Waals surface area contributed by atoms with Gasteiger partial charge in [0.05, 0.1) is 20.9 Å². The Kier molecular flexibility index (Phi) is 5.70. The summed E-state index contributed by atoms with van der Waals surface area (Å²) in [6.07, 6.45) is 1.40. The van der Waals surface area contributed by atoms with Gasteiger partial charge in [-0.3, -0.25) is 4.79 Å². The van der Waals surface area contributed by atoms with Gasteiger partial charge in [0, 0.05) is 11.2 Å². The smallest absolute Gasteiger partial charge is 0.343 e. The molecule has 5 nitrogen and oxygen atoms in total. The normalized spacial score (nSPS) is 12.6. The minimum Gasteiger partial charge on any atom is -0.422 e. The lowest BCUT2D eigenvalue weighted by Gasteiger charge is -2.09. The van der Waals surface area contributed by atoms with Gasteiger partial charge in [0.15, 0.2) is 0 Å². The zero-order valence-corrected chi connectivity index (χ0v) is 16.3. The van der Waals surface area contributed by atoms with E-state index in [1.165, 1.54) is 18.4 Å². The summed E-state index contributed by atoms with van der Waals surface area (Å²) in [5.41, 5.74) is 1.46. The zero-order valence-electron chi connectivity index (χ0n) is 15.5. The van der Waals surface area contributed by atoms with Gasteiger partial charge in [-0.2, -0.15) is 4.36 Å². The van der Waals surface area contributed by atoms with Crippen molar-refractivity contribution in [3.8, 4) is 5.75 Å². The molecule has 28 heavy (non-hydrogen) atoms. The third-order valence-corrected chi connectivity index (χ3v) is 5.71. The van der Waals surface area contributed by atoms with Gasteiger partial charge in [-0.05, 0) is 43.3 Å². The van der Waals surface area contributed by atoms with Gasteiger partial charge in [0.25, 0.3) is 5.91 Å². The second kappa shape index (κ2) is 8.19. The number of esters is 1. The lowest BCUT2D eigenvalue weighted by Crippen LogP contribution is -2.12. The summed E-state index contributed by atoms with van der Waals surface area (Å²) < 4.78 is 22.2. The number of carbonyl (C=O) groups excluding carboxylic acids is 2. The Balaban J connectivity index is 1.91. The van der Waals surface area contributed by atoms with Crippen molar-refractivity contribution in [2.75, 3.05) is 6.26 Å². The second-order valence-corrected chi connectivity index (χ2v) is 8.52. The van der Waals surface area contributed by atoms with E-state index in [1.807, 2.05) is 6.92 Å². The highest BCUT2D eigenvalue weighted by molar-refractivity contribution is 7.93. The van der Waals surface area contributed by atoms with E-state index in [2.05, 4.69) is 4.36 Å². The average Bonchev–Trinajstić information content (AvgIpc) is 2.69. The van der Waals surface area contributed by atoms with E-state index in [0.717, 1.165) is 5.56 Å². The molecule has 1 amide bonds. The van der Waals surface area contributed by atoms with Gasteiger partial charge in [0.1, 0.15) is 5.75 Å². The monoisotopic (exact) mass is 393 g/mol. The number of nitrogens with zero attached hydrogens (tertiary/aromatic N) is 1. The van der Waals surface area contributed by atoms with Crippen LogP contribution in [0, 0.1) is 6.92 Å². The molecule has 0 saturated heterocycles. The summed E-state index contributed by atoms with van der Waals surface area (Å²) in [7, 11) is -2.92. The molecule has 6 heteroatoms. The van der Waals surface area contributed by atoms with Crippen molar-refractivity contribution in [2.24, 2.45) is 4.36 Å². The van der Waals surface area contributed by atoms with E-state index < -0.39 is 21.6 Å². The standard InChI is InChI=1S/C22H19NO4S/c1-16-12-14-17(15-13-16)22(25)27-20-11-7-6-10-19(20)21(24)23-28(2,26)18-8-4-3-5-9-18/h3-15H,1-2H3. The molecule has 3 aromatic rings. The maximum Gasteiger partial charge on any atom is 0.343 e. The highest BCUT2D eigenvalue weighted by Gasteiger charge is 2.18. The predicted molar refractivity (Wildman–Crippen MR) is 108 cm³/mol. The van der Waals surface area contributed by atoms with Crippen LogP contribution in [0.3, 0.4) is 0 Å². The van der Waals surface area contributed by atoms with E-state index in [0.29, 0.717) is 10.5 Å². The lowest BCUT2D eigenvalue weighted by molar-refractivity contribution is 0.0732. The molecule has 0 spiro atoms. The molecule has 0 aliphatic heterocycles. The molecule has 3 aromatic carbocycles. The fourth-order valence-corrected chi connectivity index (χ4v) is 3.70. The molecule has 0 saturated carbocycles. The Morgan fingerprint density at radius 2 is 1.46 bits per heavy atom. The topological polar surface area (TPSA) is 72.8 Å². The third-order valence-electron chi connectivity index (χ3n) is 4.05. The van der Waals surface area contributed by atoms with Crippen LogP contribution in [-0.4, -0.2) is 22.3 Å². The van der Waals surface area contributed by atoms with Crippen LogP contribution >= 0.6 is 0 Å². The van der Waals surface area contributed by atoms with Crippen LogP contribution in [0.1, 0.15) is 26.3 Å². The Bertz CT molecular complexity index is 1130. The van der Waals surface area contributed by atoms with Gasteiger partial charge in [0.2, 0.25) is 0 Å². The van der Waals surface area contributed by atoms with Crippen LogP contribution in [0.15, 0.2) is 88.1 Å². The van der Waals surface area contributed by atoms with Crippen molar-refractivity contribution in [1.29, 1.82) is 0 Å². The minimum atomic E-state index is -2.92. The fraction of sp³-hybridized carbons (Fsp3) is 0.0909. The Hall–Kier alpha value is -3.25. The molecule has 142 valence electrons. The van der Waals surface area contributed by atoms with Crippen molar-refractivity contribution in [3.05, 3.63) is 95.6 Å². The minimum absolute atomic E-state index is 0.0742. The van der Waals surface area contributed by atoms with Crippen molar-refractivity contribution in [2.45, 2.75) is 11.8 Å². The molecular weight excluding hydrogens is 374 g/mol. The maximum atomic E-state index is 12.9. The van der Waals surface area contributed by atoms with E-state index in [-0.39, 0.29) is 11.3 Å². The SMILES string of the molecule is Cc1ccc(C(=O)Oc2ccccc2C(=O)N=S(C)(=O)c2ccccc2)cc1. The van der Waals surface area contributed by atoms with E-state index in [1.54, 1.807) is 66.7 Å². The van der Waals surface area contributed by atoms with Crippen LogP contribution in [0.4, 0.5) is 0 Å². The number of rotatable bonds is 4. The van der Waals surface area contributed by atoms with Gasteiger partial charge in [-0.25, -0.2) is 9.00 Å². The van der Waals surface area contributed by atoms with Crippen LogP contribution in [0.5, 0.6) is 5.75 Å². The van der Waals surface area contributed by atoms with Crippen LogP contribution in [0.2, 0.25) is 0 Å². The first kappa shape index (κ1) is 19.5. The molecule has 0 heterocycles. The van der Waals surface area contributed by atoms with Gasteiger partial charge < -0.3 is 4.74 Å². The van der Waals surface area contributed by atoms with Crippen LogP contribution in [0.25, 0.3) is 0 Å². The van der Waals surface area contributed by atoms with E-state index in [9.17, 15) is 13.8 Å². The Labute approximate surface area is 164 Å². The Morgan fingerprint density at radius 3 is 2.14 bits per heavy atom. The number of aryl methyl sites for hydroxylation is 1. The molecule has 0 bridgehead atoms. The van der Waals surface area contributed by atoms with Crippen molar-refractivity contribution in [3.63, 3.8) is 0 Å². The molecule has 0 aromatic heterocycles.